The van der Waals surface area contributed by atoms with E-state index in [4.69, 9.17) is 0 Å². The van der Waals surface area contributed by atoms with Gasteiger partial charge in [0.15, 0.2) is 0 Å². The van der Waals surface area contributed by atoms with Crippen molar-refractivity contribution in [3.8, 4) is 0 Å². The third kappa shape index (κ3) is 6.52. The minimum atomic E-state index is -4.22. The molecule has 0 aliphatic carbocycles. The van der Waals surface area contributed by atoms with Crippen molar-refractivity contribution in [2.45, 2.75) is 24.4 Å². The Morgan fingerprint density at radius 1 is 1.26 bits per heavy atom. The van der Waals surface area contributed by atoms with E-state index in [2.05, 4.69) is 0 Å². The van der Waals surface area contributed by atoms with Crippen molar-refractivity contribution in [2.24, 2.45) is 0 Å². The number of alkyl halides is 3. The summed E-state index contributed by atoms with van der Waals surface area (Å²) in [6.45, 7) is 1.67. The van der Waals surface area contributed by atoms with Crippen molar-refractivity contribution in [3.63, 3.8) is 0 Å². The van der Waals surface area contributed by atoms with Crippen LogP contribution in [0.1, 0.15) is 12.0 Å². The SMILES string of the molecule is Cc1ccc(SCC(=O)N(C)CCC(F)(F)F)cc1. The van der Waals surface area contributed by atoms with Crippen LogP contribution >= 0.6 is 11.8 Å². The molecule has 2 nitrogen and oxygen atoms in total. The fourth-order valence-corrected chi connectivity index (χ4v) is 2.15. The quantitative estimate of drug-likeness (QED) is 0.774. The maximum atomic E-state index is 12.0. The van der Waals surface area contributed by atoms with Crippen LogP contribution in [0.4, 0.5) is 13.2 Å². The Balaban J connectivity index is 2.36. The van der Waals surface area contributed by atoms with Gasteiger partial charge in [0.2, 0.25) is 5.91 Å². The average molecular weight is 291 g/mol. The minimum absolute atomic E-state index is 0.150. The van der Waals surface area contributed by atoms with Crippen molar-refractivity contribution in [1.82, 2.24) is 4.90 Å². The highest BCUT2D eigenvalue weighted by atomic mass is 32.2. The molecule has 0 heterocycles. The van der Waals surface area contributed by atoms with Gasteiger partial charge in [0.1, 0.15) is 0 Å². The van der Waals surface area contributed by atoms with Gasteiger partial charge in [0.05, 0.1) is 12.2 Å². The van der Waals surface area contributed by atoms with Gasteiger partial charge in [-0.3, -0.25) is 4.79 Å². The van der Waals surface area contributed by atoms with Gasteiger partial charge in [-0.15, -0.1) is 11.8 Å². The third-order valence-electron chi connectivity index (χ3n) is 2.54. The van der Waals surface area contributed by atoms with E-state index in [-0.39, 0.29) is 18.2 Å². The molecule has 106 valence electrons. The number of carbonyl (C=O) groups is 1. The molecule has 19 heavy (non-hydrogen) atoms. The van der Waals surface area contributed by atoms with Crippen LogP contribution < -0.4 is 0 Å². The predicted octanol–water partition coefficient (Wildman–Crippen LogP) is 3.50. The number of nitrogens with zero attached hydrogens (tertiary/aromatic N) is 1. The third-order valence-corrected chi connectivity index (χ3v) is 3.54. The van der Waals surface area contributed by atoms with Gasteiger partial charge >= 0.3 is 6.18 Å². The van der Waals surface area contributed by atoms with Crippen LogP contribution in [-0.2, 0) is 4.79 Å². The zero-order valence-electron chi connectivity index (χ0n) is 10.8. The highest BCUT2D eigenvalue weighted by molar-refractivity contribution is 8.00. The second-order valence-electron chi connectivity index (χ2n) is 4.28. The molecule has 0 N–H and O–H groups in total. The average Bonchev–Trinajstić information content (AvgIpc) is 2.34. The van der Waals surface area contributed by atoms with Crippen LogP contribution in [0.5, 0.6) is 0 Å². The van der Waals surface area contributed by atoms with E-state index < -0.39 is 12.6 Å². The van der Waals surface area contributed by atoms with E-state index in [1.807, 2.05) is 31.2 Å². The van der Waals surface area contributed by atoms with Gasteiger partial charge in [-0.1, -0.05) is 17.7 Å². The zero-order chi connectivity index (χ0) is 14.5. The van der Waals surface area contributed by atoms with E-state index in [0.717, 1.165) is 15.4 Å². The van der Waals surface area contributed by atoms with Gasteiger partial charge in [-0.05, 0) is 19.1 Å². The van der Waals surface area contributed by atoms with Crippen molar-refractivity contribution in [3.05, 3.63) is 29.8 Å². The number of benzene rings is 1. The first-order valence-electron chi connectivity index (χ1n) is 5.78. The van der Waals surface area contributed by atoms with Crippen LogP contribution in [0.25, 0.3) is 0 Å². The normalized spacial score (nSPS) is 11.4. The molecule has 1 amide bonds. The topological polar surface area (TPSA) is 20.3 Å². The molecule has 0 fully saturated rings. The van der Waals surface area contributed by atoms with Gasteiger partial charge in [0.25, 0.3) is 0 Å². The van der Waals surface area contributed by atoms with Crippen LogP contribution in [0.3, 0.4) is 0 Å². The molecule has 0 atom stereocenters. The van der Waals surface area contributed by atoms with Crippen LogP contribution in [0.15, 0.2) is 29.2 Å². The summed E-state index contributed by atoms with van der Waals surface area (Å²) in [4.78, 5) is 13.7. The minimum Gasteiger partial charge on any atom is -0.345 e. The maximum Gasteiger partial charge on any atom is 0.390 e. The molecular weight excluding hydrogens is 275 g/mol. The number of hydrogen-bond acceptors (Lipinski definition) is 2. The van der Waals surface area contributed by atoms with Gasteiger partial charge in [-0.25, -0.2) is 0 Å². The van der Waals surface area contributed by atoms with Crippen LogP contribution in [-0.4, -0.2) is 36.3 Å². The van der Waals surface area contributed by atoms with Crippen molar-refractivity contribution in [1.29, 1.82) is 0 Å². The highest BCUT2D eigenvalue weighted by Gasteiger charge is 2.27. The fourth-order valence-electron chi connectivity index (χ4n) is 1.31. The fraction of sp³-hybridized carbons (Fsp3) is 0.462. The standard InChI is InChI=1S/C13H16F3NOS/c1-10-3-5-11(6-4-10)19-9-12(18)17(2)8-7-13(14,15)16/h3-6H,7-9H2,1-2H3. The number of halogens is 3. The molecule has 0 saturated heterocycles. The number of hydrogen-bond donors (Lipinski definition) is 0. The van der Waals surface area contributed by atoms with Crippen molar-refractivity contribution in [2.75, 3.05) is 19.3 Å². The molecule has 0 aliphatic rings. The van der Waals surface area contributed by atoms with E-state index >= 15 is 0 Å². The lowest BCUT2D eigenvalue weighted by molar-refractivity contribution is -0.142. The van der Waals surface area contributed by atoms with E-state index in [1.165, 1.54) is 18.8 Å². The molecule has 0 bridgehead atoms. The summed E-state index contributed by atoms with van der Waals surface area (Å²) in [7, 11) is 1.39. The lowest BCUT2D eigenvalue weighted by Crippen LogP contribution is -2.31. The number of thioether (sulfide) groups is 1. The Morgan fingerprint density at radius 3 is 2.37 bits per heavy atom. The Labute approximate surface area is 115 Å². The summed E-state index contributed by atoms with van der Waals surface area (Å²) in [6, 6.07) is 7.65. The number of amides is 1. The van der Waals surface area contributed by atoms with E-state index in [1.54, 1.807) is 0 Å². The molecule has 0 unspecified atom stereocenters. The second kappa shape index (κ2) is 6.84. The Kier molecular flexibility index (Phi) is 5.72. The lowest BCUT2D eigenvalue weighted by atomic mass is 10.2. The Bertz CT molecular complexity index is 417. The smallest absolute Gasteiger partial charge is 0.345 e. The highest BCUT2D eigenvalue weighted by Crippen LogP contribution is 2.21. The molecule has 1 rings (SSSR count). The number of carbonyl (C=O) groups excluding carboxylic acids is 1. The summed E-state index contributed by atoms with van der Waals surface area (Å²) in [5, 5.41) is 0. The van der Waals surface area contributed by atoms with E-state index in [0.29, 0.717) is 0 Å². The van der Waals surface area contributed by atoms with E-state index in [9.17, 15) is 18.0 Å². The van der Waals surface area contributed by atoms with Gasteiger partial charge in [0, 0.05) is 18.5 Å². The monoisotopic (exact) mass is 291 g/mol. The molecule has 1 aromatic rings. The van der Waals surface area contributed by atoms with Crippen molar-refractivity contribution >= 4 is 17.7 Å². The Hall–Kier alpha value is -1.17. The number of rotatable bonds is 5. The molecule has 1 aromatic carbocycles. The zero-order valence-corrected chi connectivity index (χ0v) is 11.6. The lowest BCUT2D eigenvalue weighted by Gasteiger charge is -2.17. The second-order valence-corrected chi connectivity index (χ2v) is 5.33. The van der Waals surface area contributed by atoms with Crippen LogP contribution in [0.2, 0.25) is 0 Å². The van der Waals surface area contributed by atoms with Crippen LogP contribution in [0, 0.1) is 6.92 Å². The summed E-state index contributed by atoms with van der Waals surface area (Å²) in [6.07, 6.45) is -5.19. The van der Waals surface area contributed by atoms with Gasteiger partial charge < -0.3 is 4.90 Å². The molecule has 0 spiro atoms. The van der Waals surface area contributed by atoms with Gasteiger partial charge in [-0.2, -0.15) is 13.2 Å². The number of aryl methyl sites for hydroxylation is 1. The Morgan fingerprint density at radius 2 is 1.84 bits per heavy atom. The summed E-state index contributed by atoms with van der Waals surface area (Å²) in [5.74, 6) is -0.146. The molecule has 6 heteroatoms. The summed E-state index contributed by atoms with van der Waals surface area (Å²) >= 11 is 1.33. The molecule has 0 aromatic heterocycles. The van der Waals surface area contributed by atoms with Crippen molar-refractivity contribution < 1.29 is 18.0 Å². The summed E-state index contributed by atoms with van der Waals surface area (Å²) in [5.41, 5.74) is 1.12. The molecular formula is C13H16F3NOS. The predicted molar refractivity (Wildman–Crippen MR) is 70.2 cm³/mol. The molecule has 0 saturated carbocycles. The first-order valence-corrected chi connectivity index (χ1v) is 6.76. The molecule has 0 aliphatic heterocycles. The maximum absolute atomic E-state index is 12.0. The molecule has 0 radical (unpaired) electrons. The first kappa shape index (κ1) is 15.9. The summed E-state index contributed by atoms with van der Waals surface area (Å²) < 4.78 is 36.1. The first-order chi connectivity index (χ1) is 8.78. The largest absolute Gasteiger partial charge is 0.390 e.